The van der Waals surface area contributed by atoms with E-state index in [1.807, 2.05) is 22.7 Å². The molecule has 1 atom stereocenters. The van der Waals surface area contributed by atoms with Gasteiger partial charge in [-0.15, -0.1) is 31.9 Å². The topological polar surface area (TPSA) is 0 Å². The van der Waals surface area contributed by atoms with E-state index in [2.05, 4.69) is 52.6 Å². The smallest absolute Gasteiger partial charge is 0.0542 e. The van der Waals surface area contributed by atoms with Crippen LogP contribution >= 0.6 is 31.9 Å². The summed E-state index contributed by atoms with van der Waals surface area (Å²) in [5.74, 6) is 0. The predicted molar refractivity (Wildman–Crippen MR) is 88.8 cm³/mol. The molecule has 0 saturated heterocycles. The van der Waals surface area contributed by atoms with Gasteiger partial charge in [-0.05, 0) is 29.9 Å². The lowest BCUT2D eigenvalue weighted by Gasteiger charge is -1.93. The molecular weight excluding hydrogens is 275 g/mol. The summed E-state index contributed by atoms with van der Waals surface area (Å²) >= 11 is 3.84. The Morgan fingerprint density at radius 1 is 0.833 bits per heavy atom. The zero-order chi connectivity index (χ0) is 12.3. The summed E-state index contributed by atoms with van der Waals surface area (Å²) in [7, 11) is 2.78. The maximum Gasteiger partial charge on any atom is 0.0542 e. The van der Waals surface area contributed by atoms with Gasteiger partial charge in [0, 0.05) is 20.2 Å². The third-order valence-corrected chi connectivity index (χ3v) is 6.12. The van der Waals surface area contributed by atoms with Gasteiger partial charge in [0.2, 0.25) is 0 Å². The number of hydrogen-bond donors (Lipinski definition) is 0. The summed E-state index contributed by atoms with van der Waals surface area (Å²) in [5.41, 5.74) is 1.34. The van der Waals surface area contributed by atoms with Crippen LogP contribution in [0.2, 0.25) is 0 Å². The highest BCUT2D eigenvalue weighted by Gasteiger charge is 2.11. The quantitative estimate of drug-likeness (QED) is 0.395. The minimum Gasteiger partial charge on any atom is -0.134 e. The molecule has 18 heavy (non-hydrogen) atoms. The first-order chi connectivity index (χ1) is 8.72. The summed E-state index contributed by atoms with van der Waals surface area (Å²) in [6.45, 7) is 2.16. The van der Waals surface area contributed by atoms with Crippen LogP contribution in [0.1, 0.15) is 5.56 Å². The number of fused-ring (bicyclic) bond motifs is 5. The van der Waals surface area contributed by atoms with Crippen molar-refractivity contribution in [2.75, 3.05) is 0 Å². The van der Waals surface area contributed by atoms with Crippen LogP contribution in [0.15, 0.2) is 36.4 Å². The molecule has 3 heteroatoms. The summed E-state index contributed by atoms with van der Waals surface area (Å²) in [4.78, 5) is 0. The Bertz CT molecular complexity index is 823. The van der Waals surface area contributed by atoms with Gasteiger partial charge in [-0.2, -0.15) is 0 Å². The normalized spacial score (nSPS) is 11.9. The molecular formula is C15H11PS2. The molecule has 0 amide bonds. The van der Waals surface area contributed by atoms with E-state index in [0.29, 0.717) is 0 Å². The average molecular weight is 286 g/mol. The third-order valence-electron chi connectivity index (χ3n) is 3.26. The van der Waals surface area contributed by atoms with Crippen molar-refractivity contribution in [2.45, 2.75) is 6.92 Å². The summed E-state index contributed by atoms with van der Waals surface area (Å²) in [5, 5.41) is 4.07. The maximum atomic E-state index is 2.78. The van der Waals surface area contributed by atoms with Crippen molar-refractivity contribution < 1.29 is 0 Å². The van der Waals surface area contributed by atoms with E-state index in [-0.39, 0.29) is 0 Å². The Kier molecular flexibility index (Phi) is 2.29. The standard InChI is InChI=1S/C15H11PS2/c1-8-2-4-10-12(6-8)17-15-11-5-3-9(16)7-13(11)18-14(10)15/h2-7H,16H2,1H3. The van der Waals surface area contributed by atoms with Crippen LogP contribution in [0.4, 0.5) is 0 Å². The number of benzene rings is 2. The van der Waals surface area contributed by atoms with E-state index < -0.39 is 0 Å². The molecule has 0 fully saturated rings. The molecule has 0 nitrogen and oxygen atoms in total. The van der Waals surface area contributed by atoms with Gasteiger partial charge in [0.1, 0.15) is 0 Å². The molecule has 0 aliphatic carbocycles. The lowest BCUT2D eigenvalue weighted by molar-refractivity contribution is 1.52. The van der Waals surface area contributed by atoms with Gasteiger partial charge in [-0.3, -0.25) is 0 Å². The third kappa shape index (κ3) is 1.46. The number of aryl methyl sites for hydroxylation is 1. The number of thiophene rings is 2. The Morgan fingerprint density at radius 2 is 1.44 bits per heavy atom. The van der Waals surface area contributed by atoms with Crippen molar-refractivity contribution in [1.82, 2.24) is 0 Å². The highest BCUT2D eigenvalue weighted by atomic mass is 32.1. The molecule has 2 heterocycles. The second-order valence-electron chi connectivity index (χ2n) is 4.62. The highest BCUT2D eigenvalue weighted by molar-refractivity contribution is 7.36. The van der Waals surface area contributed by atoms with Crippen molar-refractivity contribution in [3.8, 4) is 0 Å². The molecule has 2 aromatic heterocycles. The summed E-state index contributed by atoms with van der Waals surface area (Å²) in [6.07, 6.45) is 0. The monoisotopic (exact) mass is 286 g/mol. The lowest BCUT2D eigenvalue weighted by Crippen LogP contribution is -1.84. The number of rotatable bonds is 0. The SMILES string of the molecule is Cc1ccc2c(c1)sc1c3ccc(P)cc3sc21. The van der Waals surface area contributed by atoms with Crippen molar-refractivity contribution in [2.24, 2.45) is 0 Å². The highest BCUT2D eigenvalue weighted by Crippen LogP contribution is 2.43. The largest absolute Gasteiger partial charge is 0.134 e. The summed E-state index contributed by atoms with van der Waals surface area (Å²) in [6, 6.07) is 13.5. The van der Waals surface area contributed by atoms with Gasteiger partial charge in [-0.1, -0.05) is 24.3 Å². The van der Waals surface area contributed by atoms with Crippen LogP contribution in [0.25, 0.3) is 29.6 Å². The van der Waals surface area contributed by atoms with E-state index in [0.717, 1.165) is 0 Å². The van der Waals surface area contributed by atoms with Crippen LogP contribution in [-0.2, 0) is 0 Å². The van der Waals surface area contributed by atoms with Gasteiger partial charge in [-0.25, -0.2) is 0 Å². The first kappa shape index (κ1) is 10.9. The van der Waals surface area contributed by atoms with E-state index in [1.165, 1.54) is 40.4 Å². The molecule has 4 rings (SSSR count). The van der Waals surface area contributed by atoms with Gasteiger partial charge >= 0.3 is 0 Å². The second-order valence-corrected chi connectivity index (χ2v) is 7.39. The molecule has 1 unspecified atom stereocenters. The van der Waals surface area contributed by atoms with E-state index in [1.54, 1.807) is 0 Å². The fourth-order valence-electron chi connectivity index (χ4n) is 2.38. The van der Waals surface area contributed by atoms with Crippen LogP contribution in [0, 0.1) is 6.92 Å². The molecule has 0 aliphatic rings. The Hall–Kier alpha value is -0.950. The Labute approximate surface area is 115 Å². The van der Waals surface area contributed by atoms with Gasteiger partial charge < -0.3 is 0 Å². The molecule has 0 bridgehead atoms. The lowest BCUT2D eigenvalue weighted by atomic mass is 10.2. The predicted octanol–water partition coefficient (Wildman–Crippen LogP) is 5.08. The maximum absolute atomic E-state index is 2.78. The second kappa shape index (κ2) is 3.77. The molecule has 88 valence electrons. The van der Waals surface area contributed by atoms with E-state index in [9.17, 15) is 0 Å². The molecule has 0 saturated carbocycles. The number of hydrogen-bond acceptors (Lipinski definition) is 2. The fourth-order valence-corrected chi connectivity index (χ4v) is 5.56. The molecule has 2 aromatic carbocycles. The van der Waals surface area contributed by atoms with Gasteiger partial charge in [0.25, 0.3) is 0 Å². The van der Waals surface area contributed by atoms with Crippen molar-refractivity contribution >= 4 is 66.8 Å². The minimum absolute atomic E-state index is 1.26. The van der Waals surface area contributed by atoms with Crippen molar-refractivity contribution in [3.63, 3.8) is 0 Å². The molecule has 0 aliphatic heterocycles. The van der Waals surface area contributed by atoms with Crippen molar-refractivity contribution in [3.05, 3.63) is 42.0 Å². The molecule has 4 aromatic rings. The zero-order valence-electron chi connectivity index (χ0n) is 9.86. The molecule has 0 radical (unpaired) electrons. The average Bonchev–Trinajstić information content (AvgIpc) is 2.83. The summed E-state index contributed by atoms with van der Waals surface area (Å²) < 4.78 is 5.69. The molecule has 0 N–H and O–H groups in total. The molecule has 0 spiro atoms. The van der Waals surface area contributed by atoms with Crippen LogP contribution in [-0.4, -0.2) is 0 Å². The van der Waals surface area contributed by atoms with Crippen LogP contribution in [0.5, 0.6) is 0 Å². The Morgan fingerprint density at radius 3 is 2.17 bits per heavy atom. The minimum atomic E-state index is 1.26. The van der Waals surface area contributed by atoms with E-state index >= 15 is 0 Å². The first-order valence-electron chi connectivity index (χ1n) is 5.83. The van der Waals surface area contributed by atoms with Gasteiger partial charge in [0.05, 0.1) is 9.40 Å². The Balaban J connectivity index is 2.23. The first-order valence-corrected chi connectivity index (χ1v) is 8.04. The van der Waals surface area contributed by atoms with Crippen LogP contribution < -0.4 is 5.30 Å². The van der Waals surface area contributed by atoms with Crippen LogP contribution in [0.3, 0.4) is 0 Å². The fraction of sp³-hybridized carbons (Fsp3) is 0.0667. The van der Waals surface area contributed by atoms with Gasteiger partial charge in [0.15, 0.2) is 0 Å². The van der Waals surface area contributed by atoms with Crippen molar-refractivity contribution in [1.29, 1.82) is 0 Å². The zero-order valence-corrected chi connectivity index (χ0v) is 12.6. The van der Waals surface area contributed by atoms with E-state index in [4.69, 9.17) is 0 Å².